The average Bonchev–Trinajstić information content (AvgIpc) is 2.38. The first-order valence-electron chi connectivity index (χ1n) is 5.82. The van der Waals surface area contributed by atoms with E-state index in [1.54, 1.807) is 20.8 Å². The van der Waals surface area contributed by atoms with E-state index in [4.69, 9.17) is 21.3 Å². The van der Waals surface area contributed by atoms with E-state index in [1.165, 1.54) is 0 Å². The molecule has 21 heavy (non-hydrogen) atoms. The van der Waals surface area contributed by atoms with Gasteiger partial charge in [0.2, 0.25) is 0 Å². The summed E-state index contributed by atoms with van der Waals surface area (Å²) in [6, 6.07) is 0. The van der Waals surface area contributed by atoms with Gasteiger partial charge < -0.3 is 10.1 Å². The van der Waals surface area contributed by atoms with E-state index in [0.717, 1.165) is 0 Å². The minimum Gasteiger partial charge on any atom is -0.444 e. The normalized spacial score (nSPS) is 12.7. The molecule has 114 valence electrons. The van der Waals surface area contributed by atoms with Crippen molar-refractivity contribution < 1.29 is 9.53 Å². The SMILES string of the molecule is CC(C)(C)OC(=O)NC(CN=[N+]=[N-])(CN=[N+]=[N-])CN=[N+]=[N-]. The Labute approximate surface area is 120 Å². The molecule has 0 heterocycles. The van der Waals surface area contributed by atoms with Gasteiger partial charge in [-0.25, -0.2) is 4.79 Å². The molecular weight excluding hydrogens is 280 g/mol. The average molecular weight is 296 g/mol. The highest BCUT2D eigenvalue weighted by molar-refractivity contribution is 5.69. The van der Waals surface area contributed by atoms with Crippen LogP contribution in [-0.4, -0.2) is 36.9 Å². The number of nitrogens with zero attached hydrogens (tertiary/aromatic N) is 9. The van der Waals surface area contributed by atoms with Gasteiger partial charge in [-0.05, 0) is 37.4 Å². The monoisotopic (exact) mass is 296 g/mol. The molecule has 0 bridgehead atoms. The van der Waals surface area contributed by atoms with E-state index in [2.05, 4.69) is 35.4 Å². The summed E-state index contributed by atoms with van der Waals surface area (Å²) in [6.07, 6.45) is -0.808. The topological polar surface area (TPSA) is 185 Å². The molecule has 0 aromatic heterocycles. The van der Waals surface area contributed by atoms with E-state index in [-0.39, 0.29) is 19.6 Å². The lowest BCUT2D eigenvalue weighted by molar-refractivity contribution is 0.0466. The number of hydrogen-bond donors (Lipinski definition) is 1. The summed E-state index contributed by atoms with van der Waals surface area (Å²) in [4.78, 5) is 19.6. The predicted octanol–water partition coefficient (Wildman–Crippen LogP) is 3.18. The van der Waals surface area contributed by atoms with Crippen molar-refractivity contribution in [2.75, 3.05) is 19.6 Å². The Morgan fingerprint density at radius 2 is 1.38 bits per heavy atom. The lowest BCUT2D eigenvalue weighted by Crippen LogP contribution is -2.56. The number of nitrogens with one attached hydrogen (secondary N) is 1. The highest BCUT2D eigenvalue weighted by atomic mass is 16.6. The van der Waals surface area contributed by atoms with E-state index >= 15 is 0 Å². The smallest absolute Gasteiger partial charge is 0.408 e. The molecule has 0 saturated carbocycles. The molecule has 0 saturated heterocycles. The van der Waals surface area contributed by atoms with Gasteiger partial charge in [-0.1, -0.05) is 15.3 Å². The van der Waals surface area contributed by atoms with Crippen LogP contribution >= 0.6 is 0 Å². The Morgan fingerprint density at radius 3 is 1.67 bits per heavy atom. The van der Waals surface area contributed by atoms with Gasteiger partial charge in [-0.2, -0.15) is 0 Å². The summed E-state index contributed by atoms with van der Waals surface area (Å²) in [7, 11) is 0. The fraction of sp³-hybridized carbons (Fsp3) is 0.889. The van der Waals surface area contributed by atoms with Crippen LogP contribution < -0.4 is 5.32 Å². The zero-order valence-electron chi connectivity index (χ0n) is 12.0. The Bertz CT molecular complexity index is 455. The molecule has 0 aromatic carbocycles. The van der Waals surface area contributed by atoms with Crippen LogP contribution in [0.4, 0.5) is 4.79 Å². The highest BCUT2D eigenvalue weighted by Crippen LogP contribution is 2.13. The first kappa shape index (κ1) is 18.2. The number of ether oxygens (including phenoxy) is 1. The van der Waals surface area contributed by atoms with Gasteiger partial charge in [0.1, 0.15) is 5.60 Å². The van der Waals surface area contributed by atoms with Gasteiger partial charge in [0.15, 0.2) is 0 Å². The molecule has 12 heteroatoms. The van der Waals surface area contributed by atoms with Gasteiger partial charge in [-0.15, -0.1) is 0 Å². The molecule has 12 nitrogen and oxygen atoms in total. The number of alkyl carbamates (subject to hydrolysis) is 1. The first-order valence-corrected chi connectivity index (χ1v) is 5.82. The number of hydrogen-bond acceptors (Lipinski definition) is 5. The van der Waals surface area contributed by atoms with Crippen LogP contribution in [0.25, 0.3) is 31.3 Å². The largest absolute Gasteiger partial charge is 0.444 e. The second-order valence-electron chi connectivity index (χ2n) is 5.07. The molecule has 0 fully saturated rings. The van der Waals surface area contributed by atoms with Gasteiger partial charge in [0, 0.05) is 34.4 Å². The van der Waals surface area contributed by atoms with E-state index in [1.807, 2.05) is 0 Å². The van der Waals surface area contributed by atoms with Crippen molar-refractivity contribution in [1.82, 2.24) is 5.32 Å². The maximum atomic E-state index is 11.8. The maximum Gasteiger partial charge on any atom is 0.408 e. The zero-order valence-corrected chi connectivity index (χ0v) is 12.0. The molecule has 0 aromatic rings. The van der Waals surface area contributed by atoms with Crippen molar-refractivity contribution in [3.8, 4) is 0 Å². The summed E-state index contributed by atoms with van der Waals surface area (Å²) in [6.45, 7) is 4.22. The van der Waals surface area contributed by atoms with Gasteiger partial charge >= 0.3 is 6.09 Å². The molecule has 0 unspecified atom stereocenters. The van der Waals surface area contributed by atoms with Crippen LogP contribution in [0.15, 0.2) is 15.3 Å². The Hall–Kier alpha value is -2.80. The molecule has 0 aliphatic heterocycles. The van der Waals surface area contributed by atoms with Crippen LogP contribution in [-0.2, 0) is 4.74 Å². The standard InChI is InChI=1S/C9H16N10O2/c1-8(2,3)21-7(20)16-9(4-13-17-10,5-14-18-11)6-15-19-12/h4-6H2,1-3H3,(H,16,20). The fourth-order valence-electron chi connectivity index (χ4n) is 1.29. The van der Waals surface area contributed by atoms with E-state index < -0.39 is 17.2 Å². The lowest BCUT2D eigenvalue weighted by atomic mass is 10.0. The summed E-state index contributed by atoms with van der Waals surface area (Å²) < 4.78 is 5.08. The van der Waals surface area contributed by atoms with Crippen molar-refractivity contribution in [1.29, 1.82) is 0 Å². The molecule has 1 amide bonds. The summed E-state index contributed by atoms with van der Waals surface area (Å²) in [5.41, 5.74) is 23.1. The van der Waals surface area contributed by atoms with Gasteiger partial charge in [0.25, 0.3) is 0 Å². The number of amides is 1. The Kier molecular flexibility index (Phi) is 7.27. The van der Waals surface area contributed by atoms with Crippen LogP contribution in [0.3, 0.4) is 0 Å². The van der Waals surface area contributed by atoms with Crippen molar-refractivity contribution >= 4 is 6.09 Å². The third-order valence-electron chi connectivity index (χ3n) is 2.08. The summed E-state index contributed by atoms with van der Waals surface area (Å²) >= 11 is 0. The van der Waals surface area contributed by atoms with Crippen LogP contribution in [0.2, 0.25) is 0 Å². The fourth-order valence-corrected chi connectivity index (χ4v) is 1.29. The lowest BCUT2D eigenvalue weighted by Gasteiger charge is -2.31. The number of carbonyl (C=O) groups excluding carboxylic acids is 1. The number of azide groups is 3. The second-order valence-corrected chi connectivity index (χ2v) is 5.07. The number of carbonyl (C=O) groups is 1. The van der Waals surface area contributed by atoms with E-state index in [9.17, 15) is 4.79 Å². The molecule has 0 atom stereocenters. The molecular formula is C9H16N10O2. The van der Waals surface area contributed by atoms with Gasteiger partial charge in [0.05, 0.1) is 5.54 Å². The van der Waals surface area contributed by atoms with Crippen molar-refractivity contribution in [3.63, 3.8) is 0 Å². The third kappa shape index (κ3) is 8.06. The number of rotatable bonds is 7. The van der Waals surface area contributed by atoms with Crippen molar-refractivity contribution in [2.45, 2.75) is 31.9 Å². The maximum absolute atomic E-state index is 11.8. The molecule has 0 rings (SSSR count). The minimum atomic E-state index is -1.34. The molecule has 0 radical (unpaired) electrons. The summed E-state index contributed by atoms with van der Waals surface area (Å²) in [5, 5.41) is 12.5. The molecule has 1 N–H and O–H groups in total. The van der Waals surface area contributed by atoms with Crippen LogP contribution in [0, 0.1) is 0 Å². The predicted molar refractivity (Wildman–Crippen MR) is 74.1 cm³/mol. The van der Waals surface area contributed by atoms with E-state index in [0.29, 0.717) is 0 Å². The molecule has 0 aliphatic carbocycles. The highest BCUT2D eigenvalue weighted by Gasteiger charge is 2.32. The van der Waals surface area contributed by atoms with Crippen molar-refractivity contribution in [3.05, 3.63) is 31.3 Å². The second kappa shape index (κ2) is 8.39. The van der Waals surface area contributed by atoms with Crippen molar-refractivity contribution in [2.24, 2.45) is 15.3 Å². The molecule has 0 aliphatic rings. The Balaban J connectivity index is 5.29. The van der Waals surface area contributed by atoms with Gasteiger partial charge in [-0.3, -0.25) is 0 Å². The minimum absolute atomic E-state index is 0.263. The van der Waals surface area contributed by atoms with Crippen LogP contribution in [0.1, 0.15) is 20.8 Å². The Morgan fingerprint density at radius 1 is 1.00 bits per heavy atom. The third-order valence-corrected chi connectivity index (χ3v) is 2.08. The summed E-state index contributed by atoms with van der Waals surface area (Å²) in [5.74, 6) is 0. The molecule has 0 spiro atoms. The first-order chi connectivity index (χ1) is 9.78. The van der Waals surface area contributed by atoms with Crippen LogP contribution in [0.5, 0.6) is 0 Å². The quantitative estimate of drug-likeness (QED) is 0.429. The zero-order chi connectivity index (χ0) is 16.4.